The standard InChI is InChI=1S/C26H54N4O9S2Si/c1-6-37-42(38-7-2,39-8-3)15-9-10-29-25(35)30-12-14-40-18-21(4)23(33)36-17-22(32)16-28-11-13-41-20-26(5,19-31)24(27)34/h21-22,28,31-32H,6-20H2,1-5H3,(H2,27,34)(H2,29,30,35). The van der Waals surface area contributed by atoms with E-state index in [1.165, 1.54) is 23.5 Å². The molecule has 3 unspecified atom stereocenters. The van der Waals surface area contributed by atoms with Crippen molar-refractivity contribution in [1.82, 2.24) is 16.0 Å². The molecule has 0 heterocycles. The number of nitrogens with one attached hydrogen (secondary N) is 3. The molecule has 7 N–H and O–H groups in total. The molecule has 42 heavy (non-hydrogen) atoms. The monoisotopic (exact) mass is 658 g/mol. The molecule has 248 valence electrons. The number of esters is 1. The third-order valence-corrected chi connectivity index (χ3v) is 11.6. The highest BCUT2D eigenvalue weighted by molar-refractivity contribution is 7.99. The van der Waals surface area contributed by atoms with Crippen molar-refractivity contribution in [3.05, 3.63) is 0 Å². The fourth-order valence-corrected chi connectivity index (χ4v) is 8.05. The Labute approximate surface area is 260 Å². The van der Waals surface area contributed by atoms with Gasteiger partial charge in [-0.05, 0) is 34.1 Å². The molecule has 0 spiro atoms. The number of hydrogen-bond donors (Lipinski definition) is 6. The van der Waals surface area contributed by atoms with Gasteiger partial charge in [0.05, 0.1) is 17.9 Å². The maximum atomic E-state index is 12.2. The first-order valence-electron chi connectivity index (χ1n) is 14.5. The number of primary amides is 1. The second-order valence-corrected chi connectivity index (χ2v) is 14.9. The van der Waals surface area contributed by atoms with Crippen molar-refractivity contribution in [3.63, 3.8) is 0 Å². The number of aliphatic hydroxyl groups excluding tert-OH is 2. The van der Waals surface area contributed by atoms with Crippen molar-refractivity contribution in [2.45, 2.75) is 53.2 Å². The molecule has 0 saturated heterocycles. The van der Waals surface area contributed by atoms with Gasteiger partial charge in [-0.2, -0.15) is 23.5 Å². The minimum absolute atomic E-state index is 0.108. The molecule has 0 aliphatic rings. The van der Waals surface area contributed by atoms with Crippen LogP contribution in [0.4, 0.5) is 4.79 Å². The molecular weight excluding hydrogens is 605 g/mol. The van der Waals surface area contributed by atoms with E-state index in [1.807, 2.05) is 20.8 Å². The smallest absolute Gasteiger partial charge is 0.463 e. The summed E-state index contributed by atoms with van der Waals surface area (Å²) in [7, 11) is -2.71. The van der Waals surface area contributed by atoms with Gasteiger partial charge in [-0.3, -0.25) is 9.59 Å². The maximum absolute atomic E-state index is 12.2. The van der Waals surface area contributed by atoms with E-state index >= 15 is 0 Å². The quantitative estimate of drug-likeness (QED) is 0.0414. The van der Waals surface area contributed by atoms with Crippen LogP contribution >= 0.6 is 23.5 Å². The van der Waals surface area contributed by atoms with Gasteiger partial charge >= 0.3 is 20.8 Å². The van der Waals surface area contributed by atoms with Crippen LogP contribution in [0.25, 0.3) is 0 Å². The Hall–Kier alpha value is -1.11. The Balaban J connectivity index is 3.95. The van der Waals surface area contributed by atoms with Gasteiger partial charge in [-0.25, -0.2) is 4.79 Å². The van der Waals surface area contributed by atoms with Crippen LogP contribution in [0.15, 0.2) is 0 Å². The van der Waals surface area contributed by atoms with Gasteiger partial charge in [0.1, 0.15) is 12.7 Å². The summed E-state index contributed by atoms with van der Waals surface area (Å²) in [5.41, 5.74) is 4.36. The molecule has 0 aromatic carbocycles. The summed E-state index contributed by atoms with van der Waals surface area (Å²) in [4.78, 5) is 35.7. The number of nitrogens with two attached hydrogens (primary N) is 1. The van der Waals surface area contributed by atoms with Gasteiger partial charge in [-0.1, -0.05) is 6.92 Å². The zero-order valence-electron chi connectivity index (χ0n) is 25.9. The van der Waals surface area contributed by atoms with Crippen molar-refractivity contribution in [1.29, 1.82) is 0 Å². The molecule has 0 aromatic heterocycles. The second kappa shape index (κ2) is 24.2. The molecular formula is C26H54N4O9S2Si. The van der Waals surface area contributed by atoms with Crippen molar-refractivity contribution < 1.29 is 42.6 Å². The molecule has 13 nitrogen and oxygen atoms in total. The van der Waals surface area contributed by atoms with Crippen LogP contribution in [-0.2, 0) is 27.6 Å². The average Bonchev–Trinajstić information content (AvgIpc) is 2.95. The number of rotatable bonds is 27. The minimum atomic E-state index is -2.71. The zero-order valence-corrected chi connectivity index (χ0v) is 28.5. The number of carbonyl (C=O) groups excluding carboxylic acids is 3. The second-order valence-electron chi connectivity index (χ2n) is 9.87. The topological polar surface area (TPSA) is 191 Å². The lowest BCUT2D eigenvalue weighted by molar-refractivity contribution is -0.150. The number of carbonyl (C=O) groups is 3. The van der Waals surface area contributed by atoms with Crippen LogP contribution in [0.1, 0.15) is 41.0 Å². The van der Waals surface area contributed by atoms with Crippen LogP contribution in [0, 0.1) is 11.3 Å². The molecule has 3 atom stereocenters. The molecule has 16 heteroatoms. The highest BCUT2D eigenvalue weighted by Crippen LogP contribution is 2.21. The number of amides is 3. The fourth-order valence-electron chi connectivity index (χ4n) is 3.42. The fraction of sp³-hybridized carbons (Fsp3) is 0.885. The van der Waals surface area contributed by atoms with Crippen LogP contribution in [0.3, 0.4) is 0 Å². The maximum Gasteiger partial charge on any atom is 0.500 e. The first kappa shape index (κ1) is 40.9. The lowest BCUT2D eigenvalue weighted by Gasteiger charge is -2.28. The van der Waals surface area contributed by atoms with E-state index in [0.717, 1.165) is 0 Å². The summed E-state index contributed by atoms with van der Waals surface area (Å²) in [6, 6.07) is 0.375. The third kappa shape index (κ3) is 18.5. The molecule has 0 aliphatic heterocycles. The Bertz CT molecular complexity index is 744. The predicted molar refractivity (Wildman–Crippen MR) is 169 cm³/mol. The van der Waals surface area contributed by atoms with Gasteiger partial charge in [0.15, 0.2) is 0 Å². The Morgan fingerprint density at radius 1 is 0.976 bits per heavy atom. The largest absolute Gasteiger partial charge is 0.500 e. The first-order chi connectivity index (χ1) is 20.0. The number of ether oxygens (including phenoxy) is 1. The van der Waals surface area contributed by atoms with Gasteiger partial charge in [0.2, 0.25) is 5.91 Å². The van der Waals surface area contributed by atoms with Gasteiger partial charge in [-0.15, -0.1) is 0 Å². The first-order valence-corrected chi connectivity index (χ1v) is 18.8. The lowest BCUT2D eigenvalue weighted by Crippen LogP contribution is -2.46. The molecule has 0 aromatic rings. The summed E-state index contributed by atoms with van der Waals surface area (Å²) >= 11 is 3.01. The molecule has 0 fully saturated rings. The number of urea groups is 1. The molecule has 0 rings (SSSR count). The van der Waals surface area contributed by atoms with Crippen molar-refractivity contribution in [2.24, 2.45) is 17.1 Å². The number of hydrogen-bond acceptors (Lipinski definition) is 12. The van der Waals surface area contributed by atoms with Gasteiger partial charge in [0, 0.05) is 75.1 Å². The highest BCUT2D eigenvalue weighted by atomic mass is 32.2. The molecule has 0 bridgehead atoms. The number of thioether (sulfide) groups is 2. The molecule has 0 radical (unpaired) electrons. The van der Waals surface area contributed by atoms with E-state index in [9.17, 15) is 24.6 Å². The predicted octanol–water partition coefficient (Wildman–Crippen LogP) is 0.804. The summed E-state index contributed by atoms with van der Waals surface area (Å²) < 4.78 is 22.7. The Kier molecular flexibility index (Phi) is 23.6. The SMILES string of the molecule is CCO[Si](CCCNC(=O)NCCSCC(C)C(=O)OCC(O)CNCCSCC(C)(CO)C(N)=O)(OCC)OCC. The van der Waals surface area contributed by atoms with E-state index in [2.05, 4.69) is 16.0 Å². The van der Waals surface area contributed by atoms with Crippen LogP contribution < -0.4 is 21.7 Å². The summed E-state index contributed by atoms with van der Waals surface area (Å²) in [6.45, 7) is 12.0. The highest BCUT2D eigenvalue weighted by Gasteiger charge is 2.39. The minimum Gasteiger partial charge on any atom is -0.463 e. The van der Waals surface area contributed by atoms with Crippen LogP contribution in [-0.4, -0.2) is 125 Å². The average molecular weight is 659 g/mol. The van der Waals surface area contributed by atoms with Crippen molar-refractivity contribution in [2.75, 3.05) is 82.2 Å². The van der Waals surface area contributed by atoms with Crippen molar-refractivity contribution in [3.8, 4) is 0 Å². The zero-order chi connectivity index (χ0) is 31.9. The Morgan fingerprint density at radius 2 is 1.57 bits per heavy atom. The van der Waals surface area contributed by atoms with E-state index in [-0.39, 0.29) is 37.7 Å². The van der Waals surface area contributed by atoms with Crippen LogP contribution in [0.2, 0.25) is 6.04 Å². The van der Waals surface area contributed by atoms with Gasteiger partial charge in [0.25, 0.3) is 0 Å². The van der Waals surface area contributed by atoms with E-state index in [4.69, 9.17) is 23.7 Å². The normalized spacial score (nSPS) is 14.5. The van der Waals surface area contributed by atoms with Crippen LogP contribution in [0.5, 0.6) is 0 Å². The van der Waals surface area contributed by atoms with E-state index < -0.39 is 26.2 Å². The molecule has 3 amide bonds. The molecule has 0 saturated carbocycles. The summed E-state index contributed by atoms with van der Waals surface area (Å²) in [5.74, 6) is 0.970. The van der Waals surface area contributed by atoms with E-state index in [0.29, 0.717) is 74.9 Å². The summed E-state index contributed by atoms with van der Waals surface area (Å²) in [5, 5.41) is 28.1. The van der Waals surface area contributed by atoms with E-state index in [1.54, 1.807) is 13.8 Å². The third-order valence-electron chi connectivity index (χ3n) is 5.93. The lowest BCUT2D eigenvalue weighted by atomic mass is 9.94. The molecule has 0 aliphatic carbocycles. The van der Waals surface area contributed by atoms with Crippen molar-refractivity contribution >= 4 is 50.2 Å². The number of aliphatic hydroxyl groups is 2. The van der Waals surface area contributed by atoms with Gasteiger partial charge < -0.3 is 49.9 Å². The summed E-state index contributed by atoms with van der Waals surface area (Å²) in [6.07, 6.45) is -0.160. The Morgan fingerprint density at radius 3 is 2.14 bits per heavy atom.